The number of methoxy groups -OCH3 is 1. The van der Waals surface area contributed by atoms with Crippen LogP contribution in [0.15, 0.2) is 48.7 Å². The summed E-state index contributed by atoms with van der Waals surface area (Å²) in [5.74, 6) is 1.20. The normalized spacial score (nSPS) is 14.1. The van der Waals surface area contributed by atoms with E-state index in [4.69, 9.17) is 21.1 Å². The van der Waals surface area contributed by atoms with E-state index in [1.807, 2.05) is 24.3 Å². The molecule has 144 valence electrons. The molecule has 7 heteroatoms. The van der Waals surface area contributed by atoms with E-state index in [2.05, 4.69) is 15.2 Å². The summed E-state index contributed by atoms with van der Waals surface area (Å²) in [7, 11) is 1.55. The Kier molecular flexibility index (Phi) is 5.32. The number of benzene rings is 2. The zero-order valence-electron chi connectivity index (χ0n) is 15.4. The molecule has 0 aliphatic carbocycles. The van der Waals surface area contributed by atoms with Crippen LogP contribution in [-0.4, -0.2) is 44.3 Å². The Bertz CT molecular complexity index is 1020. The van der Waals surface area contributed by atoms with Crippen LogP contribution in [0.3, 0.4) is 0 Å². The Labute approximate surface area is 168 Å². The van der Waals surface area contributed by atoms with Crippen molar-refractivity contribution in [3.63, 3.8) is 0 Å². The predicted molar refractivity (Wildman–Crippen MR) is 111 cm³/mol. The molecule has 1 fully saturated rings. The average molecular weight is 398 g/mol. The highest BCUT2D eigenvalue weighted by atomic mass is 35.5. The summed E-state index contributed by atoms with van der Waals surface area (Å²) in [4.78, 5) is 19.7. The summed E-state index contributed by atoms with van der Waals surface area (Å²) < 4.78 is 10.6. The standard InChI is InChI=1S/C21H20ClN3O3/c1-27-19-7-6-14(12-18(19)22)24-21(26)17-13-23-20(25-8-10-28-11-9-25)16-5-3-2-4-15(16)17/h2-7,12-13H,8-11H2,1H3,(H,24,26). The topological polar surface area (TPSA) is 63.7 Å². The predicted octanol–water partition coefficient (Wildman–Crippen LogP) is 3.99. The number of ether oxygens (including phenoxy) is 2. The Morgan fingerprint density at radius 1 is 1.18 bits per heavy atom. The molecule has 0 unspecified atom stereocenters. The minimum atomic E-state index is -0.238. The highest BCUT2D eigenvalue weighted by Gasteiger charge is 2.19. The van der Waals surface area contributed by atoms with Crippen LogP contribution in [0, 0.1) is 0 Å². The van der Waals surface area contributed by atoms with Gasteiger partial charge in [-0.15, -0.1) is 0 Å². The van der Waals surface area contributed by atoms with Crippen LogP contribution in [0.25, 0.3) is 10.8 Å². The van der Waals surface area contributed by atoms with Crippen LogP contribution < -0.4 is 15.0 Å². The van der Waals surface area contributed by atoms with Gasteiger partial charge < -0.3 is 19.7 Å². The number of nitrogens with one attached hydrogen (secondary N) is 1. The van der Waals surface area contributed by atoms with E-state index in [1.54, 1.807) is 31.5 Å². The third-order valence-corrected chi connectivity index (χ3v) is 5.03. The molecule has 0 radical (unpaired) electrons. The van der Waals surface area contributed by atoms with Gasteiger partial charge in [-0.2, -0.15) is 0 Å². The number of pyridine rings is 1. The van der Waals surface area contributed by atoms with Crippen molar-refractivity contribution >= 4 is 39.8 Å². The van der Waals surface area contributed by atoms with Gasteiger partial charge in [0.2, 0.25) is 0 Å². The maximum Gasteiger partial charge on any atom is 0.257 e. The highest BCUT2D eigenvalue weighted by Crippen LogP contribution is 2.30. The molecule has 3 aromatic rings. The van der Waals surface area contributed by atoms with Gasteiger partial charge in [0, 0.05) is 30.4 Å². The lowest BCUT2D eigenvalue weighted by Crippen LogP contribution is -2.37. The highest BCUT2D eigenvalue weighted by molar-refractivity contribution is 6.32. The summed E-state index contributed by atoms with van der Waals surface area (Å²) in [6.45, 7) is 2.92. The van der Waals surface area contributed by atoms with Crippen molar-refractivity contribution in [2.24, 2.45) is 0 Å². The molecule has 1 saturated heterocycles. The first-order valence-electron chi connectivity index (χ1n) is 9.02. The fourth-order valence-corrected chi connectivity index (χ4v) is 3.59. The second-order valence-corrected chi connectivity index (χ2v) is 6.85. The molecule has 1 N–H and O–H groups in total. The van der Waals surface area contributed by atoms with Crippen LogP contribution in [0.5, 0.6) is 5.75 Å². The average Bonchev–Trinajstić information content (AvgIpc) is 2.73. The number of halogens is 1. The second kappa shape index (κ2) is 8.04. The monoisotopic (exact) mass is 397 g/mol. The third kappa shape index (κ3) is 3.61. The van der Waals surface area contributed by atoms with E-state index in [0.29, 0.717) is 35.2 Å². The van der Waals surface area contributed by atoms with Crippen molar-refractivity contribution in [3.8, 4) is 5.75 Å². The van der Waals surface area contributed by atoms with Crippen molar-refractivity contribution in [2.75, 3.05) is 43.6 Å². The molecular weight excluding hydrogens is 378 g/mol. The molecule has 28 heavy (non-hydrogen) atoms. The van der Waals surface area contributed by atoms with E-state index >= 15 is 0 Å². The van der Waals surface area contributed by atoms with Gasteiger partial charge in [0.15, 0.2) is 0 Å². The number of anilines is 2. The zero-order chi connectivity index (χ0) is 19.5. The van der Waals surface area contributed by atoms with E-state index in [9.17, 15) is 4.79 Å². The SMILES string of the molecule is COc1ccc(NC(=O)c2cnc(N3CCOCC3)c3ccccc23)cc1Cl. The minimum absolute atomic E-state index is 0.238. The number of nitrogens with zero attached hydrogens (tertiary/aromatic N) is 2. The molecule has 2 aromatic carbocycles. The number of morpholine rings is 1. The number of hydrogen-bond acceptors (Lipinski definition) is 5. The van der Waals surface area contributed by atoms with E-state index in [-0.39, 0.29) is 5.91 Å². The molecule has 0 atom stereocenters. The third-order valence-electron chi connectivity index (χ3n) is 4.74. The summed E-state index contributed by atoms with van der Waals surface area (Å²) in [5.41, 5.74) is 1.11. The van der Waals surface area contributed by atoms with Crippen molar-refractivity contribution in [1.82, 2.24) is 4.98 Å². The quantitative estimate of drug-likeness (QED) is 0.721. The van der Waals surface area contributed by atoms with Gasteiger partial charge in [0.25, 0.3) is 5.91 Å². The number of aromatic nitrogens is 1. The zero-order valence-corrected chi connectivity index (χ0v) is 16.2. The van der Waals surface area contributed by atoms with E-state index in [0.717, 1.165) is 29.7 Å². The van der Waals surface area contributed by atoms with Crippen molar-refractivity contribution < 1.29 is 14.3 Å². The van der Waals surface area contributed by atoms with Crippen LogP contribution in [0.2, 0.25) is 5.02 Å². The Hall–Kier alpha value is -2.83. The molecular formula is C21H20ClN3O3. The van der Waals surface area contributed by atoms with Crippen molar-refractivity contribution in [2.45, 2.75) is 0 Å². The fourth-order valence-electron chi connectivity index (χ4n) is 3.33. The summed E-state index contributed by atoms with van der Waals surface area (Å²) >= 11 is 6.16. The largest absolute Gasteiger partial charge is 0.495 e. The number of carbonyl (C=O) groups excluding carboxylic acids is 1. The lowest BCUT2D eigenvalue weighted by atomic mass is 10.1. The maximum absolute atomic E-state index is 12.9. The Morgan fingerprint density at radius 3 is 2.64 bits per heavy atom. The molecule has 0 bridgehead atoms. The van der Waals surface area contributed by atoms with Gasteiger partial charge in [0.05, 0.1) is 30.9 Å². The molecule has 1 amide bonds. The molecule has 0 saturated carbocycles. The molecule has 4 rings (SSSR count). The van der Waals surface area contributed by atoms with Gasteiger partial charge in [0.1, 0.15) is 11.6 Å². The first-order valence-corrected chi connectivity index (χ1v) is 9.40. The van der Waals surface area contributed by atoms with Crippen molar-refractivity contribution in [3.05, 3.63) is 59.2 Å². The van der Waals surface area contributed by atoms with Gasteiger partial charge in [-0.25, -0.2) is 4.98 Å². The van der Waals surface area contributed by atoms with Crippen LogP contribution in [0.1, 0.15) is 10.4 Å². The second-order valence-electron chi connectivity index (χ2n) is 6.44. The fraction of sp³-hybridized carbons (Fsp3) is 0.238. The molecule has 2 heterocycles. The summed E-state index contributed by atoms with van der Waals surface area (Å²) in [6, 6.07) is 12.9. The number of fused-ring (bicyclic) bond motifs is 1. The van der Waals surface area contributed by atoms with Crippen LogP contribution in [0.4, 0.5) is 11.5 Å². The first kappa shape index (κ1) is 18.5. The summed E-state index contributed by atoms with van der Waals surface area (Å²) in [5, 5.41) is 5.13. The Morgan fingerprint density at radius 2 is 1.93 bits per heavy atom. The molecule has 1 aliphatic rings. The van der Waals surface area contributed by atoms with Gasteiger partial charge in [-0.3, -0.25) is 4.79 Å². The molecule has 1 aromatic heterocycles. The number of amides is 1. The van der Waals surface area contributed by atoms with Gasteiger partial charge >= 0.3 is 0 Å². The van der Waals surface area contributed by atoms with E-state index < -0.39 is 0 Å². The van der Waals surface area contributed by atoms with Gasteiger partial charge in [-0.1, -0.05) is 35.9 Å². The number of rotatable bonds is 4. The van der Waals surface area contributed by atoms with Crippen molar-refractivity contribution in [1.29, 1.82) is 0 Å². The summed E-state index contributed by atoms with van der Waals surface area (Å²) in [6.07, 6.45) is 1.63. The first-order chi connectivity index (χ1) is 13.7. The molecule has 6 nitrogen and oxygen atoms in total. The number of hydrogen-bond donors (Lipinski definition) is 1. The smallest absolute Gasteiger partial charge is 0.257 e. The molecule has 1 aliphatic heterocycles. The number of carbonyl (C=O) groups is 1. The minimum Gasteiger partial charge on any atom is -0.495 e. The lowest BCUT2D eigenvalue weighted by Gasteiger charge is -2.29. The van der Waals surface area contributed by atoms with Crippen LogP contribution in [-0.2, 0) is 4.74 Å². The van der Waals surface area contributed by atoms with Gasteiger partial charge in [-0.05, 0) is 23.6 Å². The Balaban J connectivity index is 1.67. The maximum atomic E-state index is 12.9. The molecule has 0 spiro atoms. The lowest BCUT2D eigenvalue weighted by molar-refractivity contribution is 0.102. The van der Waals surface area contributed by atoms with Crippen LogP contribution >= 0.6 is 11.6 Å². The van der Waals surface area contributed by atoms with E-state index in [1.165, 1.54) is 0 Å².